The molecule has 166 valence electrons. The minimum absolute atomic E-state index is 0.0298. The zero-order valence-corrected chi connectivity index (χ0v) is 20.7. The van der Waals surface area contributed by atoms with Crippen LogP contribution in [-0.2, 0) is 0 Å². The minimum atomic E-state index is 0.0298. The summed E-state index contributed by atoms with van der Waals surface area (Å²) in [7, 11) is 0. The molecule has 1 aromatic carbocycles. The molecule has 0 saturated carbocycles. The van der Waals surface area contributed by atoms with Gasteiger partial charge in [0, 0.05) is 29.4 Å². The van der Waals surface area contributed by atoms with Gasteiger partial charge < -0.3 is 9.47 Å². The van der Waals surface area contributed by atoms with Crippen molar-refractivity contribution in [1.29, 1.82) is 0 Å². The largest absolute Gasteiger partial charge is 0.338 e. The minimum Gasteiger partial charge on any atom is -0.338 e. The second kappa shape index (κ2) is 8.11. The fourth-order valence-corrected chi connectivity index (χ4v) is 6.98. The van der Waals surface area contributed by atoms with Crippen LogP contribution in [0.25, 0.3) is 5.69 Å². The number of thioether (sulfide) groups is 1. The van der Waals surface area contributed by atoms with Gasteiger partial charge in [0.2, 0.25) is 0 Å². The third-order valence-electron chi connectivity index (χ3n) is 6.98. The molecule has 32 heavy (non-hydrogen) atoms. The summed E-state index contributed by atoms with van der Waals surface area (Å²) in [5, 5.41) is 1.19. The van der Waals surface area contributed by atoms with Crippen molar-refractivity contribution in [2.24, 2.45) is 4.99 Å². The van der Waals surface area contributed by atoms with Gasteiger partial charge in [-0.1, -0.05) is 42.4 Å². The van der Waals surface area contributed by atoms with Gasteiger partial charge in [-0.2, -0.15) is 0 Å². The first kappa shape index (κ1) is 21.3. The SMILES string of the molecule is CC[C@@H]1CSC2=N[C@@H](c3ccccn3)[C@@H](c3cc(C)n(-c4c(C)cc(C)cc4C)c3C)N21. The average molecular weight is 445 g/mol. The number of pyridine rings is 1. The van der Waals surface area contributed by atoms with Gasteiger partial charge >= 0.3 is 0 Å². The molecule has 2 aliphatic rings. The smallest absolute Gasteiger partial charge is 0.160 e. The van der Waals surface area contributed by atoms with Gasteiger partial charge in [-0.25, -0.2) is 0 Å². The van der Waals surface area contributed by atoms with E-state index in [9.17, 15) is 0 Å². The summed E-state index contributed by atoms with van der Waals surface area (Å²) >= 11 is 1.90. The molecule has 0 bridgehead atoms. The maximum Gasteiger partial charge on any atom is 0.160 e. The Morgan fingerprint density at radius 2 is 1.78 bits per heavy atom. The molecule has 0 spiro atoms. The van der Waals surface area contributed by atoms with E-state index in [1.807, 2.05) is 24.0 Å². The Morgan fingerprint density at radius 3 is 2.44 bits per heavy atom. The standard InChI is InChI=1S/C27H32N4S/c1-7-21-15-32-27-29-24(23-10-8-9-11-28-23)26(31(21)27)22-14-19(5)30(20(22)6)25-17(3)12-16(2)13-18(25)4/h8-14,21,24,26H,7,15H2,1-6H3/t21-,24+,26-/m1/s1. The number of amidine groups is 1. The highest BCUT2D eigenvalue weighted by Gasteiger charge is 2.46. The molecule has 3 aromatic rings. The molecule has 3 atom stereocenters. The number of nitrogens with zero attached hydrogens (tertiary/aromatic N) is 4. The lowest BCUT2D eigenvalue weighted by Gasteiger charge is -2.32. The van der Waals surface area contributed by atoms with Crippen LogP contribution >= 0.6 is 11.8 Å². The van der Waals surface area contributed by atoms with Crippen LogP contribution in [0.1, 0.15) is 64.8 Å². The number of hydrogen-bond donors (Lipinski definition) is 0. The fourth-order valence-electron chi connectivity index (χ4n) is 5.64. The number of fused-ring (bicyclic) bond motifs is 1. The van der Waals surface area contributed by atoms with Crippen LogP contribution in [0.15, 0.2) is 47.6 Å². The first-order valence-electron chi connectivity index (χ1n) is 11.6. The Labute approximate surface area is 195 Å². The molecule has 1 saturated heterocycles. The predicted molar refractivity (Wildman–Crippen MR) is 135 cm³/mol. The maximum atomic E-state index is 5.21. The molecule has 4 nitrogen and oxygen atoms in total. The third kappa shape index (κ3) is 3.29. The number of benzene rings is 1. The molecule has 0 radical (unpaired) electrons. The Kier molecular flexibility index (Phi) is 5.40. The van der Waals surface area contributed by atoms with Crippen molar-refractivity contribution >= 4 is 16.9 Å². The van der Waals surface area contributed by atoms with Crippen LogP contribution < -0.4 is 0 Å². The van der Waals surface area contributed by atoms with Gasteiger partial charge in [0.25, 0.3) is 0 Å². The van der Waals surface area contributed by atoms with Gasteiger partial charge in [0.1, 0.15) is 6.04 Å². The fraction of sp³-hybridized carbons (Fsp3) is 0.407. The summed E-state index contributed by atoms with van der Waals surface area (Å²) < 4.78 is 2.46. The van der Waals surface area contributed by atoms with Crippen LogP contribution in [0.3, 0.4) is 0 Å². The highest BCUT2D eigenvalue weighted by molar-refractivity contribution is 8.14. The molecular formula is C27H32N4S. The number of aromatic nitrogens is 2. The zero-order valence-electron chi connectivity index (χ0n) is 19.9. The molecule has 0 N–H and O–H groups in total. The van der Waals surface area contributed by atoms with Crippen molar-refractivity contribution in [2.75, 3.05) is 5.75 Å². The highest BCUT2D eigenvalue weighted by atomic mass is 32.2. The lowest BCUT2D eigenvalue weighted by Crippen LogP contribution is -2.35. The Hall–Kier alpha value is -2.53. The van der Waals surface area contributed by atoms with Gasteiger partial charge in [-0.3, -0.25) is 9.98 Å². The van der Waals surface area contributed by atoms with Gasteiger partial charge in [0.15, 0.2) is 5.17 Å². The highest BCUT2D eigenvalue weighted by Crippen LogP contribution is 2.50. The molecule has 2 aliphatic heterocycles. The van der Waals surface area contributed by atoms with E-state index in [0.717, 1.165) is 17.9 Å². The van der Waals surface area contributed by atoms with Gasteiger partial charge in [-0.15, -0.1) is 0 Å². The van der Waals surface area contributed by atoms with Crippen LogP contribution in [0, 0.1) is 34.6 Å². The van der Waals surface area contributed by atoms with E-state index in [1.165, 1.54) is 44.5 Å². The molecule has 0 amide bonds. The van der Waals surface area contributed by atoms with Crippen molar-refractivity contribution in [3.63, 3.8) is 0 Å². The molecule has 0 aliphatic carbocycles. The molecule has 2 aromatic heterocycles. The number of rotatable bonds is 4. The molecule has 1 fully saturated rings. The van der Waals surface area contributed by atoms with Crippen LogP contribution in [0.2, 0.25) is 0 Å². The average Bonchev–Trinajstić information content (AvgIpc) is 3.41. The van der Waals surface area contributed by atoms with Crippen molar-refractivity contribution in [1.82, 2.24) is 14.5 Å². The second-order valence-corrected chi connectivity index (χ2v) is 10.2. The lowest BCUT2D eigenvalue weighted by atomic mass is 9.95. The Bertz CT molecular complexity index is 1170. The molecule has 4 heterocycles. The van der Waals surface area contributed by atoms with Crippen LogP contribution in [0.5, 0.6) is 0 Å². The Morgan fingerprint density at radius 1 is 1.03 bits per heavy atom. The van der Waals surface area contributed by atoms with E-state index >= 15 is 0 Å². The summed E-state index contributed by atoms with van der Waals surface area (Å²) in [4.78, 5) is 12.5. The summed E-state index contributed by atoms with van der Waals surface area (Å²) in [5.41, 5.74) is 10.3. The molecule has 5 rings (SSSR count). The van der Waals surface area contributed by atoms with E-state index in [0.29, 0.717) is 6.04 Å². The summed E-state index contributed by atoms with van der Waals surface area (Å²) in [6, 6.07) is 13.9. The quantitative estimate of drug-likeness (QED) is 0.467. The predicted octanol–water partition coefficient (Wildman–Crippen LogP) is 6.39. The normalized spacial score (nSPS) is 22.4. The number of hydrogen-bond acceptors (Lipinski definition) is 4. The van der Waals surface area contributed by atoms with Crippen LogP contribution in [0.4, 0.5) is 0 Å². The Balaban J connectivity index is 1.67. The maximum absolute atomic E-state index is 5.21. The van der Waals surface area contributed by atoms with Gasteiger partial charge in [-0.05, 0) is 75.9 Å². The van der Waals surface area contributed by atoms with E-state index in [-0.39, 0.29) is 12.1 Å². The first-order valence-corrected chi connectivity index (χ1v) is 12.6. The molecule has 0 unspecified atom stereocenters. The monoisotopic (exact) mass is 444 g/mol. The van der Waals surface area contributed by atoms with Crippen molar-refractivity contribution in [3.8, 4) is 5.69 Å². The number of aliphatic imine (C=N–C) groups is 1. The third-order valence-corrected chi connectivity index (χ3v) is 8.10. The van der Waals surface area contributed by atoms with E-state index in [4.69, 9.17) is 9.98 Å². The first-order chi connectivity index (χ1) is 15.4. The van der Waals surface area contributed by atoms with Crippen LogP contribution in [-0.4, -0.2) is 31.4 Å². The zero-order chi connectivity index (χ0) is 22.6. The van der Waals surface area contributed by atoms with E-state index in [1.54, 1.807) is 0 Å². The second-order valence-electron chi connectivity index (χ2n) is 9.25. The van der Waals surface area contributed by atoms with Crippen molar-refractivity contribution in [3.05, 3.63) is 81.9 Å². The molecule has 5 heteroatoms. The molecular weight excluding hydrogens is 412 g/mol. The van der Waals surface area contributed by atoms with E-state index < -0.39 is 0 Å². The van der Waals surface area contributed by atoms with Gasteiger partial charge in [0.05, 0.1) is 17.4 Å². The summed E-state index contributed by atoms with van der Waals surface area (Å²) in [6.07, 6.45) is 3.02. The number of aryl methyl sites for hydroxylation is 4. The topological polar surface area (TPSA) is 33.4 Å². The van der Waals surface area contributed by atoms with E-state index in [2.05, 4.69) is 81.3 Å². The summed E-state index contributed by atoms with van der Waals surface area (Å²) in [6.45, 7) is 13.4. The summed E-state index contributed by atoms with van der Waals surface area (Å²) in [5.74, 6) is 1.12. The van der Waals surface area contributed by atoms with Crippen molar-refractivity contribution < 1.29 is 0 Å². The lowest BCUT2D eigenvalue weighted by molar-refractivity contribution is 0.254. The van der Waals surface area contributed by atoms with Crippen molar-refractivity contribution in [2.45, 2.75) is 66.1 Å².